The number of rotatable bonds is 7. The van der Waals surface area contributed by atoms with Gasteiger partial charge >= 0.3 is 5.97 Å². The van der Waals surface area contributed by atoms with E-state index in [4.69, 9.17) is 5.11 Å². The van der Waals surface area contributed by atoms with Gasteiger partial charge in [-0.15, -0.1) is 11.3 Å². The summed E-state index contributed by atoms with van der Waals surface area (Å²) < 4.78 is 0. The number of nitrogens with one attached hydrogen (secondary N) is 1. The lowest BCUT2D eigenvalue weighted by Gasteiger charge is -2.12. The van der Waals surface area contributed by atoms with E-state index < -0.39 is 5.97 Å². The number of thioether (sulfide) groups is 1. The van der Waals surface area contributed by atoms with E-state index in [2.05, 4.69) is 17.2 Å². The number of aromatic nitrogens is 1. The molecule has 0 aliphatic heterocycles. The van der Waals surface area contributed by atoms with Crippen LogP contribution in [0.3, 0.4) is 0 Å². The highest BCUT2D eigenvalue weighted by atomic mass is 32.2. The molecule has 0 saturated carbocycles. The van der Waals surface area contributed by atoms with Crippen LogP contribution in [0.1, 0.15) is 40.6 Å². The maximum Gasteiger partial charge on any atom is 0.365 e. The number of carboxylic acids is 1. The highest BCUT2D eigenvalue weighted by Crippen LogP contribution is 2.10. The number of carbonyl (C=O) groups is 2. The highest BCUT2D eigenvalue weighted by Gasteiger charge is 2.15. The summed E-state index contributed by atoms with van der Waals surface area (Å²) in [5.74, 6) is 0.642. The zero-order valence-electron chi connectivity index (χ0n) is 10.3. The van der Waals surface area contributed by atoms with E-state index in [0.29, 0.717) is 0 Å². The van der Waals surface area contributed by atoms with E-state index in [0.717, 1.165) is 29.3 Å². The topological polar surface area (TPSA) is 79.3 Å². The number of hydrogen-bond donors (Lipinski definition) is 2. The minimum atomic E-state index is -1.11. The first kappa shape index (κ1) is 15.0. The number of hydrogen-bond acceptors (Lipinski definition) is 5. The fourth-order valence-electron chi connectivity index (χ4n) is 1.25. The summed E-state index contributed by atoms with van der Waals surface area (Å²) in [5.41, 5.74) is 0.174. The zero-order chi connectivity index (χ0) is 13.5. The van der Waals surface area contributed by atoms with Gasteiger partial charge in [0.15, 0.2) is 0 Å². The molecule has 100 valence electrons. The normalized spacial score (nSPS) is 12.1. The SMILES string of the molecule is CCSCCC(C)NC(=O)c1csc(C(=O)O)n1. The van der Waals surface area contributed by atoms with Crippen LogP contribution in [0.5, 0.6) is 0 Å². The Hall–Kier alpha value is -1.08. The molecule has 7 heteroatoms. The highest BCUT2D eigenvalue weighted by molar-refractivity contribution is 7.99. The number of aromatic carboxylic acids is 1. The Bertz CT molecular complexity index is 420. The maximum absolute atomic E-state index is 11.8. The Kier molecular flexibility index (Phi) is 6.14. The van der Waals surface area contributed by atoms with Crippen molar-refractivity contribution in [2.24, 2.45) is 0 Å². The van der Waals surface area contributed by atoms with Crippen molar-refractivity contribution in [1.82, 2.24) is 10.3 Å². The first-order chi connectivity index (χ1) is 8.54. The van der Waals surface area contributed by atoms with Crippen molar-refractivity contribution in [3.63, 3.8) is 0 Å². The molecule has 1 heterocycles. The molecule has 1 atom stereocenters. The molecule has 0 aromatic carbocycles. The second-order valence-electron chi connectivity index (χ2n) is 3.70. The predicted octanol–water partition coefficient (Wildman–Crippen LogP) is 2.10. The van der Waals surface area contributed by atoms with Crippen molar-refractivity contribution in [1.29, 1.82) is 0 Å². The molecule has 2 N–H and O–H groups in total. The summed E-state index contributed by atoms with van der Waals surface area (Å²) in [4.78, 5) is 26.2. The van der Waals surface area contributed by atoms with Gasteiger partial charge in [0.1, 0.15) is 5.69 Å². The van der Waals surface area contributed by atoms with Gasteiger partial charge in [0.25, 0.3) is 5.91 Å². The molecule has 1 aromatic rings. The monoisotopic (exact) mass is 288 g/mol. The van der Waals surface area contributed by atoms with E-state index in [1.807, 2.05) is 18.7 Å². The van der Waals surface area contributed by atoms with Crippen molar-refractivity contribution < 1.29 is 14.7 Å². The molecule has 1 aromatic heterocycles. The van der Waals surface area contributed by atoms with E-state index in [-0.39, 0.29) is 22.7 Å². The third kappa shape index (κ3) is 4.66. The second-order valence-corrected chi connectivity index (χ2v) is 5.96. The summed E-state index contributed by atoms with van der Waals surface area (Å²) in [6.07, 6.45) is 0.889. The van der Waals surface area contributed by atoms with E-state index in [9.17, 15) is 9.59 Å². The Morgan fingerprint density at radius 3 is 2.89 bits per heavy atom. The quantitative estimate of drug-likeness (QED) is 0.751. The molecule has 1 amide bonds. The lowest BCUT2D eigenvalue weighted by atomic mass is 10.2. The summed E-state index contributed by atoms with van der Waals surface area (Å²) in [6.45, 7) is 4.02. The lowest BCUT2D eigenvalue weighted by molar-refractivity contribution is 0.0696. The van der Waals surface area contributed by atoms with E-state index in [1.165, 1.54) is 5.38 Å². The molecule has 1 unspecified atom stereocenters. The van der Waals surface area contributed by atoms with Crippen LogP contribution in [0, 0.1) is 0 Å². The number of carboxylic acid groups (broad SMARTS) is 1. The molecular weight excluding hydrogens is 272 g/mol. The van der Waals surface area contributed by atoms with Crippen molar-refractivity contribution >= 4 is 35.0 Å². The minimum absolute atomic E-state index is 0.0608. The zero-order valence-corrected chi connectivity index (χ0v) is 11.9. The van der Waals surface area contributed by atoms with Crippen LogP contribution < -0.4 is 5.32 Å². The number of amides is 1. The van der Waals surface area contributed by atoms with Crippen molar-refractivity contribution in [3.05, 3.63) is 16.1 Å². The molecule has 0 aliphatic rings. The first-order valence-corrected chi connectivity index (χ1v) is 7.65. The van der Waals surface area contributed by atoms with Gasteiger partial charge in [-0.05, 0) is 24.9 Å². The third-order valence-corrected chi connectivity index (χ3v) is 3.96. The van der Waals surface area contributed by atoms with Crippen LogP contribution in [-0.4, -0.2) is 39.5 Å². The van der Waals surface area contributed by atoms with Crippen molar-refractivity contribution in [3.8, 4) is 0 Å². The minimum Gasteiger partial charge on any atom is -0.476 e. The average Bonchev–Trinajstić information content (AvgIpc) is 2.78. The van der Waals surface area contributed by atoms with Gasteiger partial charge in [0.05, 0.1) is 0 Å². The molecule has 0 aliphatic carbocycles. The fourth-order valence-corrected chi connectivity index (χ4v) is 2.69. The smallest absolute Gasteiger partial charge is 0.365 e. The second kappa shape index (κ2) is 7.38. The van der Waals surface area contributed by atoms with Gasteiger partial charge in [0.2, 0.25) is 5.01 Å². The molecule has 1 rings (SSSR count). The molecule has 0 saturated heterocycles. The summed E-state index contributed by atoms with van der Waals surface area (Å²) in [5, 5.41) is 12.9. The van der Waals surface area contributed by atoms with Gasteiger partial charge in [-0.25, -0.2) is 9.78 Å². The van der Waals surface area contributed by atoms with Crippen molar-refractivity contribution in [2.75, 3.05) is 11.5 Å². The molecule has 18 heavy (non-hydrogen) atoms. The Morgan fingerprint density at radius 2 is 2.33 bits per heavy atom. The average molecular weight is 288 g/mol. The standard InChI is InChI=1S/C11H16N2O3S2/c1-3-17-5-4-7(2)12-9(14)8-6-18-10(13-8)11(15)16/h6-7H,3-5H2,1-2H3,(H,12,14)(H,15,16). The summed E-state index contributed by atoms with van der Waals surface area (Å²) in [7, 11) is 0. The van der Waals surface area contributed by atoms with E-state index in [1.54, 1.807) is 0 Å². The van der Waals surface area contributed by atoms with Crippen LogP contribution in [0.15, 0.2) is 5.38 Å². The van der Waals surface area contributed by atoms with Gasteiger partial charge in [-0.2, -0.15) is 11.8 Å². The molecule has 0 spiro atoms. The molecule has 0 radical (unpaired) electrons. The maximum atomic E-state index is 11.8. The van der Waals surface area contributed by atoms with Crippen LogP contribution in [0.4, 0.5) is 0 Å². The van der Waals surface area contributed by atoms with Gasteiger partial charge in [-0.3, -0.25) is 4.79 Å². The Balaban J connectivity index is 2.46. The largest absolute Gasteiger partial charge is 0.476 e. The Labute approximate surface area is 114 Å². The molecule has 5 nitrogen and oxygen atoms in total. The number of carbonyl (C=O) groups excluding carboxylic acids is 1. The van der Waals surface area contributed by atoms with Gasteiger partial charge in [-0.1, -0.05) is 6.92 Å². The number of nitrogens with zero attached hydrogens (tertiary/aromatic N) is 1. The Morgan fingerprint density at radius 1 is 1.61 bits per heavy atom. The predicted molar refractivity (Wildman–Crippen MR) is 73.6 cm³/mol. The van der Waals surface area contributed by atoms with Crippen LogP contribution in [-0.2, 0) is 0 Å². The van der Waals surface area contributed by atoms with E-state index >= 15 is 0 Å². The molecular formula is C11H16N2O3S2. The van der Waals surface area contributed by atoms with Crippen molar-refractivity contribution in [2.45, 2.75) is 26.3 Å². The first-order valence-electron chi connectivity index (χ1n) is 5.62. The third-order valence-electron chi connectivity index (χ3n) is 2.20. The van der Waals surface area contributed by atoms with Gasteiger partial charge < -0.3 is 10.4 Å². The summed E-state index contributed by atoms with van der Waals surface area (Å²) in [6, 6.07) is 0.0616. The van der Waals surface area contributed by atoms with Gasteiger partial charge in [0, 0.05) is 11.4 Å². The molecule has 0 bridgehead atoms. The van der Waals surface area contributed by atoms with Crippen LogP contribution >= 0.6 is 23.1 Å². The number of thiazole rings is 1. The summed E-state index contributed by atoms with van der Waals surface area (Å²) >= 11 is 2.78. The molecule has 0 fully saturated rings. The fraction of sp³-hybridized carbons (Fsp3) is 0.545. The van der Waals surface area contributed by atoms with Crippen LogP contribution in [0.25, 0.3) is 0 Å². The van der Waals surface area contributed by atoms with Crippen LogP contribution in [0.2, 0.25) is 0 Å². The lowest BCUT2D eigenvalue weighted by Crippen LogP contribution is -2.33.